The topological polar surface area (TPSA) is 82.1 Å². The molecule has 2 aromatic rings. The van der Waals surface area contributed by atoms with Crippen molar-refractivity contribution in [2.45, 2.75) is 18.9 Å². The number of imidazole rings is 1. The molecule has 1 saturated heterocycles. The minimum atomic E-state index is 0.384. The van der Waals surface area contributed by atoms with Crippen LogP contribution in [0.2, 0.25) is 0 Å². The highest BCUT2D eigenvalue weighted by molar-refractivity contribution is 5.62. The summed E-state index contributed by atoms with van der Waals surface area (Å²) in [5.74, 6) is 1.73. The molecule has 3 heterocycles. The minimum absolute atomic E-state index is 0.384. The average molecular weight is 274 g/mol. The van der Waals surface area contributed by atoms with Crippen LogP contribution in [0.1, 0.15) is 18.9 Å². The van der Waals surface area contributed by atoms with Crippen LogP contribution in [-0.4, -0.2) is 39.7 Å². The van der Waals surface area contributed by atoms with Crippen molar-refractivity contribution in [1.82, 2.24) is 19.5 Å². The van der Waals surface area contributed by atoms with Gasteiger partial charge >= 0.3 is 0 Å². The SMILES string of the molecule is COc1c(N)ncnc1N1CCC(n2ccnc2)CC1. The van der Waals surface area contributed by atoms with Crippen LogP contribution in [0.5, 0.6) is 5.75 Å². The molecule has 7 heteroatoms. The van der Waals surface area contributed by atoms with Crippen molar-refractivity contribution < 1.29 is 4.74 Å². The van der Waals surface area contributed by atoms with Crippen molar-refractivity contribution in [2.24, 2.45) is 0 Å². The molecule has 1 fully saturated rings. The monoisotopic (exact) mass is 274 g/mol. The standard InChI is InChI=1S/C13H18N6O/c1-20-11-12(14)16-8-17-13(11)18-5-2-10(3-6-18)19-7-4-15-9-19/h4,7-10H,2-3,5-6H2,1H3,(H2,14,16,17). The van der Waals surface area contributed by atoms with E-state index < -0.39 is 0 Å². The molecule has 0 amide bonds. The Labute approximate surface area is 117 Å². The third kappa shape index (κ3) is 2.26. The summed E-state index contributed by atoms with van der Waals surface area (Å²) in [6.07, 6.45) is 9.29. The molecule has 0 saturated carbocycles. The van der Waals surface area contributed by atoms with E-state index in [1.165, 1.54) is 6.33 Å². The molecular weight excluding hydrogens is 256 g/mol. The molecule has 7 nitrogen and oxygen atoms in total. The third-order valence-electron chi connectivity index (χ3n) is 3.73. The van der Waals surface area contributed by atoms with Crippen molar-refractivity contribution in [2.75, 3.05) is 30.8 Å². The highest BCUT2D eigenvalue weighted by Gasteiger charge is 2.24. The summed E-state index contributed by atoms with van der Waals surface area (Å²) in [5, 5.41) is 0. The summed E-state index contributed by atoms with van der Waals surface area (Å²) in [6.45, 7) is 1.82. The second-order valence-corrected chi connectivity index (χ2v) is 4.84. The number of methoxy groups -OCH3 is 1. The first-order chi connectivity index (χ1) is 9.79. The molecule has 0 radical (unpaired) electrons. The maximum atomic E-state index is 5.83. The summed E-state index contributed by atoms with van der Waals surface area (Å²) in [6, 6.07) is 0.499. The number of ether oxygens (including phenoxy) is 1. The van der Waals surface area contributed by atoms with Crippen LogP contribution in [0.25, 0.3) is 0 Å². The van der Waals surface area contributed by atoms with E-state index in [1.54, 1.807) is 7.11 Å². The number of rotatable bonds is 3. The van der Waals surface area contributed by atoms with Gasteiger partial charge in [0.2, 0.25) is 5.75 Å². The predicted octanol–water partition coefficient (Wildman–Crippen LogP) is 1.11. The second-order valence-electron chi connectivity index (χ2n) is 4.84. The summed E-state index contributed by atoms with van der Waals surface area (Å²) in [7, 11) is 1.59. The van der Waals surface area contributed by atoms with Gasteiger partial charge in [0.05, 0.1) is 13.4 Å². The van der Waals surface area contributed by atoms with Gasteiger partial charge in [0.1, 0.15) is 6.33 Å². The van der Waals surface area contributed by atoms with Crippen molar-refractivity contribution >= 4 is 11.6 Å². The van der Waals surface area contributed by atoms with E-state index in [9.17, 15) is 0 Å². The average Bonchev–Trinajstić information content (AvgIpc) is 3.01. The van der Waals surface area contributed by atoms with Gasteiger partial charge in [-0.3, -0.25) is 0 Å². The molecule has 2 N–H and O–H groups in total. The van der Waals surface area contributed by atoms with Crippen LogP contribution in [0.3, 0.4) is 0 Å². The van der Waals surface area contributed by atoms with E-state index in [0.29, 0.717) is 17.6 Å². The molecule has 106 valence electrons. The second kappa shape index (κ2) is 5.36. The molecule has 0 aromatic carbocycles. The van der Waals surface area contributed by atoms with E-state index >= 15 is 0 Å². The van der Waals surface area contributed by atoms with Crippen LogP contribution >= 0.6 is 0 Å². The zero-order valence-electron chi connectivity index (χ0n) is 11.4. The number of anilines is 2. The Kier molecular flexibility index (Phi) is 3.41. The fraction of sp³-hybridized carbons (Fsp3) is 0.462. The fourth-order valence-electron chi connectivity index (χ4n) is 2.66. The number of nitrogen functional groups attached to an aromatic ring is 1. The lowest BCUT2D eigenvalue weighted by Gasteiger charge is -2.33. The lowest BCUT2D eigenvalue weighted by Crippen LogP contribution is -2.35. The Morgan fingerprint density at radius 1 is 1.30 bits per heavy atom. The molecule has 0 bridgehead atoms. The fourth-order valence-corrected chi connectivity index (χ4v) is 2.66. The minimum Gasteiger partial charge on any atom is -0.490 e. The molecule has 3 rings (SSSR count). The number of nitrogens with zero attached hydrogens (tertiary/aromatic N) is 5. The Balaban J connectivity index is 1.74. The lowest BCUT2D eigenvalue weighted by atomic mass is 10.0. The first-order valence-corrected chi connectivity index (χ1v) is 6.66. The number of aromatic nitrogens is 4. The highest BCUT2D eigenvalue weighted by atomic mass is 16.5. The molecule has 0 aliphatic carbocycles. The molecular formula is C13H18N6O. The Morgan fingerprint density at radius 2 is 2.10 bits per heavy atom. The number of piperidine rings is 1. The summed E-state index contributed by atoms with van der Waals surface area (Å²) >= 11 is 0. The van der Waals surface area contributed by atoms with Crippen molar-refractivity contribution in [3.63, 3.8) is 0 Å². The van der Waals surface area contributed by atoms with Gasteiger partial charge in [0.25, 0.3) is 0 Å². The first kappa shape index (κ1) is 12.7. The van der Waals surface area contributed by atoms with Crippen molar-refractivity contribution in [3.8, 4) is 5.75 Å². The molecule has 20 heavy (non-hydrogen) atoms. The van der Waals surface area contributed by atoms with E-state index in [2.05, 4.69) is 24.4 Å². The van der Waals surface area contributed by atoms with Gasteiger partial charge in [0.15, 0.2) is 11.6 Å². The van der Waals surface area contributed by atoms with Crippen LogP contribution in [0.15, 0.2) is 25.0 Å². The Morgan fingerprint density at radius 3 is 2.75 bits per heavy atom. The van der Waals surface area contributed by atoms with E-state index in [1.807, 2.05) is 18.7 Å². The van der Waals surface area contributed by atoms with Crippen molar-refractivity contribution in [1.29, 1.82) is 0 Å². The van der Waals surface area contributed by atoms with Crippen LogP contribution in [-0.2, 0) is 0 Å². The van der Waals surface area contributed by atoms with Crippen LogP contribution in [0.4, 0.5) is 11.6 Å². The van der Waals surface area contributed by atoms with Gasteiger partial charge in [-0.2, -0.15) is 0 Å². The first-order valence-electron chi connectivity index (χ1n) is 6.66. The third-order valence-corrected chi connectivity index (χ3v) is 3.73. The smallest absolute Gasteiger partial charge is 0.204 e. The maximum Gasteiger partial charge on any atom is 0.204 e. The van der Waals surface area contributed by atoms with Crippen molar-refractivity contribution in [3.05, 3.63) is 25.0 Å². The summed E-state index contributed by atoms with van der Waals surface area (Å²) < 4.78 is 7.49. The maximum absolute atomic E-state index is 5.83. The molecule has 0 unspecified atom stereocenters. The quantitative estimate of drug-likeness (QED) is 0.902. The normalized spacial score (nSPS) is 16.4. The predicted molar refractivity (Wildman–Crippen MR) is 75.7 cm³/mol. The van der Waals surface area contributed by atoms with E-state index in [4.69, 9.17) is 10.5 Å². The number of hydrogen-bond acceptors (Lipinski definition) is 6. The zero-order chi connectivity index (χ0) is 13.9. The Hall–Kier alpha value is -2.31. The summed E-state index contributed by atoms with van der Waals surface area (Å²) in [5.41, 5.74) is 5.83. The van der Waals surface area contributed by atoms with Gasteiger partial charge in [-0.25, -0.2) is 15.0 Å². The van der Waals surface area contributed by atoms with E-state index in [0.717, 1.165) is 31.7 Å². The zero-order valence-corrected chi connectivity index (χ0v) is 11.4. The number of nitrogens with two attached hydrogens (primary N) is 1. The summed E-state index contributed by atoms with van der Waals surface area (Å²) in [4.78, 5) is 14.6. The number of hydrogen-bond donors (Lipinski definition) is 1. The molecule has 1 aliphatic heterocycles. The highest BCUT2D eigenvalue weighted by Crippen LogP contribution is 2.33. The van der Waals surface area contributed by atoms with Gasteiger partial charge in [-0.15, -0.1) is 0 Å². The van der Waals surface area contributed by atoms with Gasteiger partial charge in [0, 0.05) is 31.5 Å². The largest absolute Gasteiger partial charge is 0.490 e. The van der Waals surface area contributed by atoms with Crippen LogP contribution in [0, 0.1) is 0 Å². The lowest BCUT2D eigenvalue weighted by molar-refractivity contribution is 0.383. The molecule has 0 spiro atoms. The van der Waals surface area contributed by atoms with Gasteiger partial charge < -0.3 is 19.9 Å². The van der Waals surface area contributed by atoms with Gasteiger partial charge in [-0.05, 0) is 12.8 Å². The van der Waals surface area contributed by atoms with Crippen LogP contribution < -0.4 is 15.4 Å². The molecule has 1 aliphatic rings. The van der Waals surface area contributed by atoms with Gasteiger partial charge in [-0.1, -0.05) is 0 Å². The Bertz CT molecular complexity index is 562. The molecule has 0 atom stereocenters. The molecule has 2 aromatic heterocycles. The van der Waals surface area contributed by atoms with E-state index in [-0.39, 0.29) is 0 Å².